The van der Waals surface area contributed by atoms with Crippen LogP contribution in [0.1, 0.15) is 29.6 Å². The Labute approximate surface area is 171 Å². The molecule has 1 N–H and O–H groups in total. The Morgan fingerprint density at radius 1 is 1.21 bits per heavy atom. The minimum absolute atomic E-state index is 0.0203. The van der Waals surface area contributed by atoms with Crippen molar-refractivity contribution in [2.45, 2.75) is 25.3 Å². The first-order chi connectivity index (χ1) is 14.0. The summed E-state index contributed by atoms with van der Waals surface area (Å²) >= 11 is 0. The normalized spacial score (nSPS) is 16.4. The van der Waals surface area contributed by atoms with E-state index in [0.29, 0.717) is 23.6 Å². The van der Waals surface area contributed by atoms with E-state index in [4.69, 9.17) is 4.74 Å². The standard InChI is InChI=1S/C22H28N4O3/c1-25(2)22(28)20-7-4-14-26(20)15-5-13-24-21(27)17-8-10-18(11-9-17)29-19-6-3-12-23-16-19/h3,6,8-12,16,20H,4-5,7,13-15H2,1-2H3,(H,24,27). The van der Waals surface area contributed by atoms with Crippen LogP contribution >= 0.6 is 0 Å². The molecule has 0 spiro atoms. The molecule has 1 aromatic carbocycles. The highest BCUT2D eigenvalue weighted by Crippen LogP contribution is 2.21. The van der Waals surface area contributed by atoms with Gasteiger partial charge in [-0.05, 0) is 62.2 Å². The fourth-order valence-corrected chi connectivity index (χ4v) is 3.48. The molecule has 0 radical (unpaired) electrons. The number of hydrogen-bond acceptors (Lipinski definition) is 5. The Hall–Kier alpha value is -2.93. The minimum Gasteiger partial charge on any atom is -0.456 e. The molecule has 29 heavy (non-hydrogen) atoms. The summed E-state index contributed by atoms with van der Waals surface area (Å²) in [5.41, 5.74) is 0.588. The Morgan fingerprint density at radius 3 is 2.69 bits per heavy atom. The molecule has 2 heterocycles. The van der Waals surface area contributed by atoms with Crippen molar-refractivity contribution in [1.82, 2.24) is 20.1 Å². The predicted octanol–water partition coefficient (Wildman–Crippen LogP) is 2.55. The van der Waals surface area contributed by atoms with Crippen molar-refractivity contribution in [2.75, 3.05) is 33.7 Å². The van der Waals surface area contributed by atoms with Gasteiger partial charge in [-0.2, -0.15) is 0 Å². The zero-order chi connectivity index (χ0) is 20.6. The summed E-state index contributed by atoms with van der Waals surface area (Å²) in [4.78, 5) is 32.4. The minimum atomic E-state index is -0.111. The highest BCUT2D eigenvalue weighted by atomic mass is 16.5. The molecule has 154 valence electrons. The van der Waals surface area contributed by atoms with E-state index in [1.54, 1.807) is 61.7 Å². The van der Waals surface area contributed by atoms with Crippen LogP contribution < -0.4 is 10.1 Å². The first-order valence-electron chi connectivity index (χ1n) is 9.96. The predicted molar refractivity (Wildman–Crippen MR) is 111 cm³/mol. The van der Waals surface area contributed by atoms with Crippen molar-refractivity contribution >= 4 is 11.8 Å². The van der Waals surface area contributed by atoms with Gasteiger partial charge in [-0.25, -0.2) is 0 Å². The number of aromatic nitrogens is 1. The molecule has 7 heteroatoms. The molecule has 1 saturated heterocycles. The molecule has 1 atom stereocenters. The summed E-state index contributed by atoms with van der Waals surface area (Å²) in [6.45, 7) is 2.32. The van der Waals surface area contributed by atoms with Crippen molar-refractivity contribution in [2.24, 2.45) is 0 Å². The third kappa shape index (κ3) is 5.77. The number of nitrogens with one attached hydrogen (secondary N) is 1. The van der Waals surface area contributed by atoms with Crippen molar-refractivity contribution in [3.63, 3.8) is 0 Å². The van der Waals surface area contributed by atoms with Gasteiger partial charge in [-0.15, -0.1) is 0 Å². The molecular weight excluding hydrogens is 368 g/mol. The number of ether oxygens (including phenoxy) is 1. The second kappa shape index (κ2) is 10.0. The molecule has 1 fully saturated rings. The van der Waals surface area contributed by atoms with E-state index in [9.17, 15) is 9.59 Å². The van der Waals surface area contributed by atoms with E-state index < -0.39 is 0 Å². The number of carbonyl (C=O) groups is 2. The average Bonchev–Trinajstić information content (AvgIpc) is 3.20. The number of likely N-dealkylation sites (N-methyl/N-ethyl adjacent to an activating group) is 1. The molecular formula is C22H28N4O3. The van der Waals surface area contributed by atoms with E-state index in [-0.39, 0.29) is 17.9 Å². The lowest BCUT2D eigenvalue weighted by Crippen LogP contribution is -2.43. The molecule has 1 unspecified atom stereocenters. The van der Waals surface area contributed by atoms with Crippen LogP contribution in [0.2, 0.25) is 0 Å². The average molecular weight is 396 g/mol. The maximum atomic E-state index is 12.3. The molecule has 1 aliphatic heterocycles. The van der Waals surface area contributed by atoms with Crippen LogP contribution in [0.15, 0.2) is 48.8 Å². The van der Waals surface area contributed by atoms with Gasteiger partial charge in [0.15, 0.2) is 0 Å². The van der Waals surface area contributed by atoms with E-state index >= 15 is 0 Å². The molecule has 0 aliphatic carbocycles. The monoisotopic (exact) mass is 396 g/mol. The van der Waals surface area contributed by atoms with Gasteiger partial charge in [0.25, 0.3) is 5.91 Å². The Morgan fingerprint density at radius 2 is 2.00 bits per heavy atom. The molecule has 1 aromatic heterocycles. The molecule has 0 saturated carbocycles. The second-order valence-corrected chi connectivity index (χ2v) is 7.35. The van der Waals surface area contributed by atoms with Crippen LogP contribution in [0.5, 0.6) is 11.5 Å². The first kappa shape index (κ1) is 20.8. The third-order valence-corrected chi connectivity index (χ3v) is 4.98. The Bertz CT molecular complexity index is 809. The van der Waals surface area contributed by atoms with Crippen LogP contribution in [0, 0.1) is 0 Å². The molecule has 0 bridgehead atoms. The third-order valence-electron chi connectivity index (χ3n) is 4.98. The van der Waals surface area contributed by atoms with Crippen molar-refractivity contribution in [3.05, 3.63) is 54.4 Å². The van der Waals surface area contributed by atoms with Gasteiger partial charge in [0.05, 0.1) is 12.2 Å². The van der Waals surface area contributed by atoms with Gasteiger partial charge in [0.2, 0.25) is 5.91 Å². The van der Waals surface area contributed by atoms with E-state index in [2.05, 4.69) is 15.2 Å². The number of nitrogens with zero attached hydrogens (tertiary/aromatic N) is 3. The number of likely N-dealkylation sites (tertiary alicyclic amines) is 1. The number of amides is 2. The largest absolute Gasteiger partial charge is 0.456 e. The number of hydrogen-bond donors (Lipinski definition) is 1. The van der Waals surface area contributed by atoms with Crippen molar-refractivity contribution < 1.29 is 14.3 Å². The van der Waals surface area contributed by atoms with Crippen LogP contribution in [0.3, 0.4) is 0 Å². The van der Waals surface area contributed by atoms with Crippen LogP contribution in [-0.4, -0.2) is 66.4 Å². The van der Waals surface area contributed by atoms with Gasteiger partial charge in [0, 0.05) is 38.9 Å². The van der Waals surface area contributed by atoms with Gasteiger partial charge in [-0.3, -0.25) is 19.5 Å². The molecule has 2 amide bonds. The van der Waals surface area contributed by atoms with Crippen LogP contribution in [-0.2, 0) is 4.79 Å². The molecule has 2 aromatic rings. The molecule has 3 rings (SSSR count). The van der Waals surface area contributed by atoms with E-state index in [1.165, 1.54) is 0 Å². The lowest BCUT2D eigenvalue weighted by molar-refractivity contribution is -0.133. The van der Waals surface area contributed by atoms with Crippen LogP contribution in [0.4, 0.5) is 0 Å². The lowest BCUT2D eigenvalue weighted by Gasteiger charge is -2.26. The maximum Gasteiger partial charge on any atom is 0.251 e. The van der Waals surface area contributed by atoms with E-state index in [1.807, 2.05) is 6.07 Å². The summed E-state index contributed by atoms with van der Waals surface area (Å²) in [5, 5.41) is 2.95. The van der Waals surface area contributed by atoms with Crippen molar-refractivity contribution in [1.29, 1.82) is 0 Å². The van der Waals surface area contributed by atoms with Gasteiger partial charge < -0.3 is 15.0 Å². The van der Waals surface area contributed by atoms with Crippen LogP contribution in [0.25, 0.3) is 0 Å². The summed E-state index contributed by atoms with van der Waals surface area (Å²) < 4.78 is 5.68. The highest BCUT2D eigenvalue weighted by Gasteiger charge is 2.30. The Kier molecular flexibility index (Phi) is 7.19. The number of carbonyl (C=O) groups excluding carboxylic acids is 2. The second-order valence-electron chi connectivity index (χ2n) is 7.35. The Balaban J connectivity index is 1.42. The first-order valence-corrected chi connectivity index (χ1v) is 9.96. The zero-order valence-corrected chi connectivity index (χ0v) is 17.0. The SMILES string of the molecule is CN(C)C(=O)C1CCCN1CCCNC(=O)c1ccc(Oc2cccnc2)cc1. The van der Waals surface area contributed by atoms with Gasteiger partial charge in [-0.1, -0.05) is 0 Å². The maximum absolute atomic E-state index is 12.3. The van der Waals surface area contributed by atoms with Gasteiger partial charge >= 0.3 is 0 Å². The molecule has 1 aliphatic rings. The quantitative estimate of drug-likeness (QED) is 0.694. The zero-order valence-electron chi connectivity index (χ0n) is 17.0. The number of pyridine rings is 1. The van der Waals surface area contributed by atoms with Gasteiger partial charge in [0.1, 0.15) is 11.5 Å². The number of rotatable bonds is 8. The summed E-state index contributed by atoms with van der Waals surface area (Å²) in [6, 6.07) is 10.6. The summed E-state index contributed by atoms with van der Waals surface area (Å²) in [6.07, 6.45) is 6.09. The number of benzene rings is 1. The summed E-state index contributed by atoms with van der Waals surface area (Å²) in [7, 11) is 3.60. The smallest absolute Gasteiger partial charge is 0.251 e. The van der Waals surface area contributed by atoms with Crippen molar-refractivity contribution in [3.8, 4) is 11.5 Å². The summed E-state index contributed by atoms with van der Waals surface area (Å²) in [5.74, 6) is 1.36. The fraction of sp³-hybridized carbons (Fsp3) is 0.409. The fourth-order valence-electron chi connectivity index (χ4n) is 3.48. The lowest BCUT2D eigenvalue weighted by atomic mass is 10.2. The highest BCUT2D eigenvalue weighted by molar-refractivity contribution is 5.94. The molecule has 7 nitrogen and oxygen atoms in total. The van der Waals surface area contributed by atoms with E-state index in [0.717, 1.165) is 32.4 Å². The topological polar surface area (TPSA) is 74.8 Å².